The van der Waals surface area contributed by atoms with Crippen molar-refractivity contribution in [1.82, 2.24) is 0 Å². The van der Waals surface area contributed by atoms with Crippen LogP contribution in [0.3, 0.4) is 0 Å². The Hall–Kier alpha value is -1.50. The summed E-state index contributed by atoms with van der Waals surface area (Å²) in [5.74, 6) is -0.113. The lowest BCUT2D eigenvalue weighted by Crippen LogP contribution is -2.33. The first-order valence-electron chi connectivity index (χ1n) is 6.88. The van der Waals surface area contributed by atoms with Crippen LogP contribution in [0.1, 0.15) is 20.3 Å². The third kappa shape index (κ3) is 3.58. The van der Waals surface area contributed by atoms with Crippen molar-refractivity contribution in [2.45, 2.75) is 32.4 Å². The molecule has 5 nitrogen and oxygen atoms in total. The molecule has 0 aromatic heterocycles. The number of nitrogens with two attached hydrogens (primary N) is 1. The number of benzene rings is 1. The van der Waals surface area contributed by atoms with Gasteiger partial charge in [-0.25, -0.2) is 12.8 Å². The molecule has 7 heteroatoms. The van der Waals surface area contributed by atoms with Crippen molar-refractivity contribution in [2.75, 3.05) is 29.2 Å². The van der Waals surface area contributed by atoms with E-state index in [-0.39, 0.29) is 35.1 Å². The average Bonchev–Trinajstić information content (AvgIpc) is 2.72. The van der Waals surface area contributed by atoms with Crippen molar-refractivity contribution < 1.29 is 17.5 Å². The van der Waals surface area contributed by atoms with Gasteiger partial charge in [0, 0.05) is 25.2 Å². The minimum absolute atomic E-state index is 0.0979. The minimum Gasteiger partial charge on any atom is -0.488 e. The van der Waals surface area contributed by atoms with Crippen LogP contribution >= 0.6 is 0 Å². The lowest BCUT2D eigenvalue weighted by Gasteiger charge is -2.27. The normalized spacial score (nSPS) is 20.7. The Morgan fingerprint density at radius 2 is 2.10 bits per heavy atom. The van der Waals surface area contributed by atoms with Gasteiger partial charge in [0.05, 0.1) is 29.0 Å². The number of rotatable bonds is 4. The third-order valence-electron chi connectivity index (χ3n) is 3.58. The molecule has 1 unspecified atom stereocenters. The van der Waals surface area contributed by atoms with Crippen molar-refractivity contribution in [3.63, 3.8) is 0 Å². The molecule has 21 heavy (non-hydrogen) atoms. The monoisotopic (exact) mass is 316 g/mol. The minimum atomic E-state index is -2.99. The van der Waals surface area contributed by atoms with Crippen LogP contribution in [-0.2, 0) is 9.84 Å². The smallest absolute Gasteiger partial charge is 0.167 e. The summed E-state index contributed by atoms with van der Waals surface area (Å²) in [5, 5.41) is 0. The molecule has 0 amide bonds. The molecule has 1 aromatic carbocycles. The van der Waals surface area contributed by atoms with Crippen LogP contribution in [0, 0.1) is 5.82 Å². The van der Waals surface area contributed by atoms with E-state index in [1.54, 1.807) is 11.9 Å². The van der Waals surface area contributed by atoms with E-state index in [9.17, 15) is 12.8 Å². The Morgan fingerprint density at radius 1 is 1.43 bits per heavy atom. The van der Waals surface area contributed by atoms with Crippen LogP contribution in [0.2, 0.25) is 0 Å². The van der Waals surface area contributed by atoms with E-state index in [2.05, 4.69) is 0 Å². The molecular formula is C14H21FN2O3S. The Balaban J connectivity index is 2.30. The van der Waals surface area contributed by atoms with Crippen LogP contribution in [0.25, 0.3) is 0 Å². The van der Waals surface area contributed by atoms with E-state index in [1.165, 1.54) is 12.1 Å². The number of nitrogen functional groups attached to an aromatic ring is 1. The number of halogens is 1. The predicted octanol–water partition coefficient (Wildman–Crippen LogP) is 1.82. The second-order valence-corrected chi connectivity index (χ2v) is 7.90. The molecule has 0 spiro atoms. The number of anilines is 2. The highest BCUT2D eigenvalue weighted by atomic mass is 32.2. The summed E-state index contributed by atoms with van der Waals surface area (Å²) in [6.07, 6.45) is 0.392. The highest BCUT2D eigenvalue weighted by Crippen LogP contribution is 2.33. The lowest BCUT2D eigenvalue weighted by atomic mass is 10.1. The zero-order valence-corrected chi connectivity index (χ0v) is 13.3. The first kappa shape index (κ1) is 15.9. The lowest BCUT2D eigenvalue weighted by molar-refractivity contribution is 0.231. The van der Waals surface area contributed by atoms with Gasteiger partial charge < -0.3 is 15.4 Å². The van der Waals surface area contributed by atoms with Gasteiger partial charge >= 0.3 is 0 Å². The molecule has 0 bridgehead atoms. The highest BCUT2D eigenvalue weighted by molar-refractivity contribution is 7.91. The van der Waals surface area contributed by atoms with Gasteiger partial charge in [-0.15, -0.1) is 0 Å². The zero-order chi connectivity index (χ0) is 15.8. The molecular weight excluding hydrogens is 295 g/mol. The molecule has 2 rings (SSSR count). The molecule has 0 radical (unpaired) electrons. The van der Waals surface area contributed by atoms with Crippen LogP contribution in [0.4, 0.5) is 15.8 Å². The quantitative estimate of drug-likeness (QED) is 0.858. The summed E-state index contributed by atoms with van der Waals surface area (Å²) in [5.41, 5.74) is 6.74. The van der Waals surface area contributed by atoms with E-state index < -0.39 is 15.7 Å². The summed E-state index contributed by atoms with van der Waals surface area (Å²) >= 11 is 0. The van der Waals surface area contributed by atoms with Gasteiger partial charge in [0.1, 0.15) is 0 Å². The number of hydrogen-bond donors (Lipinski definition) is 1. The van der Waals surface area contributed by atoms with Gasteiger partial charge in [-0.2, -0.15) is 0 Å². The fraction of sp³-hybridized carbons (Fsp3) is 0.571. The number of sulfone groups is 1. The van der Waals surface area contributed by atoms with Crippen molar-refractivity contribution >= 4 is 21.2 Å². The number of ether oxygens (including phenoxy) is 1. The Morgan fingerprint density at radius 3 is 2.62 bits per heavy atom. The second kappa shape index (κ2) is 5.71. The maximum atomic E-state index is 13.8. The van der Waals surface area contributed by atoms with Gasteiger partial charge in [-0.05, 0) is 20.3 Å². The molecule has 1 aliphatic rings. The molecule has 2 N–H and O–H groups in total. The molecule has 1 fully saturated rings. The first-order valence-corrected chi connectivity index (χ1v) is 8.70. The Labute approximate surface area is 124 Å². The van der Waals surface area contributed by atoms with Crippen molar-refractivity contribution in [3.8, 4) is 5.75 Å². The Bertz CT molecular complexity index is 631. The molecule has 0 aliphatic carbocycles. The average molecular weight is 316 g/mol. The van der Waals surface area contributed by atoms with E-state index in [0.29, 0.717) is 12.1 Å². The zero-order valence-electron chi connectivity index (χ0n) is 12.5. The first-order chi connectivity index (χ1) is 9.69. The van der Waals surface area contributed by atoms with E-state index >= 15 is 0 Å². The van der Waals surface area contributed by atoms with Crippen molar-refractivity contribution in [2.24, 2.45) is 0 Å². The molecule has 1 aromatic rings. The summed E-state index contributed by atoms with van der Waals surface area (Å²) in [6, 6.07) is 2.61. The van der Waals surface area contributed by atoms with Gasteiger partial charge in [-0.3, -0.25) is 0 Å². The number of nitrogens with zero attached hydrogens (tertiary/aromatic N) is 1. The standard InChI is InChI=1S/C14H21FN2O3S/c1-9(2)20-14-7-13(12(16)6-11(14)15)17(3)10-4-5-21(18,19)8-10/h6-7,9-10H,4-5,8,16H2,1-3H3. The molecule has 0 saturated carbocycles. The van der Waals surface area contributed by atoms with Crippen LogP contribution in [0.5, 0.6) is 5.75 Å². The van der Waals surface area contributed by atoms with Crippen LogP contribution < -0.4 is 15.4 Å². The number of hydrogen-bond acceptors (Lipinski definition) is 5. The van der Waals surface area contributed by atoms with Gasteiger partial charge in [0.25, 0.3) is 0 Å². The van der Waals surface area contributed by atoms with Crippen molar-refractivity contribution in [1.29, 1.82) is 0 Å². The summed E-state index contributed by atoms with van der Waals surface area (Å²) in [4.78, 5) is 1.80. The van der Waals surface area contributed by atoms with E-state index in [1.807, 2.05) is 13.8 Å². The molecule has 1 aliphatic heterocycles. The third-order valence-corrected chi connectivity index (χ3v) is 5.33. The molecule has 118 valence electrons. The van der Waals surface area contributed by atoms with Crippen LogP contribution in [-0.4, -0.2) is 39.1 Å². The maximum absolute atomic E-state index is 13.8. The maximum Gasteiger partial charge on any atom is 0.167 e. The molecule has 1 saturated heterocycles. The predicted molar refractivity (Wildman–Crippen MR) is 82.0 cm³/mol. The van der Waals surface area contributed by atoms with Crippen molar-refractivity contribution in [3.05, 3.63) is 17.9 Å². The van der Waals surface area contributed by atoms with Gasteiger partial charge in [-0.1, -0.05) is 0 Å². The fourth-order valence-corrected chi connectivity index (χ4v) is 4.26. The second-order valence-electron chi connectivity index (χ2n) is 5.68. The molecule has 1 heterocycles. The highest BCUT2D eigenvalue weighted by Gasteiger charge is 2.31. The van der Waals surface area contributed by atoms with Gasteiger partial charge in [0.2, 0.25) is 0 Å². The summed E-state index contributed by atoms with van der Waals surface area (Å²) in [6.45, 7) is 3.62. The topological polar surface area (TPSA) is 72.6 Å². The van der Waals surface area contributed by atoms with E-state index in [0.717, 1.165) is 0 Å². The van der Waals surface area contributed by atoms with Gasteiger partial charge in [0.15, 0.2) is 21.4 Å². The summed E-state index contributed by atoms with van der Waals surface area (Å²) in [7, 11) is -1.21. The Kier molecular flexibility index (Phi) is 4.32. The largest absolute Gasteiger partial charge is 0.488 e. The fourth-order valence-electron chi connectivity index (χ4n) is 2.49. The van der Waals surface area contributed by atoms with E-state index in [4.69, 9.17) is 10.5 Å². The SMILES string of the molecule is CC(C)Oc1cc(N(C)C2CCS(=O)(=O)C2)c(N)cc1F. The molecule has 1 atom stereocenters. The van der Waals surface area contributed by atoms with Crippen LogP contribution in [0.15, 0.2) is 12.1 Å². The summed E-state index contributed by atoms with van der Waals surface area (Å²) < 4.78 is 42.4.